The largest absolute Gasteiger partial charge is 0.374 e. The summed E-state index contributed by atoms with van der Waals surface area (Å²) in [5.74, 6) is 0.872. The van der Waals surface area contributed by atoms with Crippen molar-refractivity contribution in [2.24, 2.45) is 11.7 Å². The quantitative estimate of drug-likeness (QED) is 0.864. The maximum absolute atomic E-state index is 5.88. The summed E-state index contributed by atoms with van der Waals surface area (Å²) in [6, 6.07) is 6.88. The van der Waals surface area contributed by atoms with E-state index in [1.165, 1.54) is 54.4 Å². The van der Waals surface area contributed by atoms with Gasteiger partial charge in [0.25, 0.3) is 0 Å². The van der Waals surface area contributed by atoms with Crippen molar-refractivity contribution in [2.45, 2.75) is 51.5 Å². The van der Waals surface area contributed by atoms with E-state index < -0.39 is 0 Å². The molecule has 0 saturated heterocycles. The highest BCUT2D eigenvalue weighted by atomic mass is 79.9. The Balaban J connectivity index is 1.98. The van der Waals surface area contributed by atoms with Crippen molar-refractivity contribution in [1.29, 1.82) is 0 Å². The lowest BCUT2D eigenvalue weighted by Crippen LogP contribution is -2.26. The average molecular weight is 339 g/mol. The van der Waals surface area contributed by atoms with Crippen LogP contribution in [0, 0.1) is 5.92 Å². The number of nitrogens with two attached hydrogens (primary N) is 1. The van der Waals surface area contributed by atoms with Gasteiger partial charge in [-0.25, -0.2) is 0 Å². The molecule has 1 aliphatic rings. The SMILES string of the molecule is CC(N)Cc1ccc(N(C)CC2CCCCC2)cc1Br. The Bertz CT molecular complexity index is 425. The minimum Gasteiger partial charge on any atom is -0.374 e. The molecule has 1 aliphatic carbocycles. The minimum absolute atomic E-state index is 0.206. The Kier molecular flexibility index (Phi) is 5.91. The zero-order valence-corrected chi connectivity index (χ0v) is 14.3. The third-order valence-corrected chi connectivity index (χ3v) is 5.01. The zero-order valence-electron chi connectivity index (χ0n) is 12.7. The van der Waals surface area contributed by atoms with E-state index in [0.29, 0.717) is 0 Å². The number of hydrogen-bond acceptors (Lipinski definition) is 2. The fourth-order valence-electron chi connectivity index (χ4n) is 3.15. The molecule has 0 aliphatic heterocycles. The lowest BCUT2D eigenvalue weighted by atomic mass is 9.89. The van der Waals surface area contributed by atoms with Gasteiger partial charge in [-0.1, -0.05) is 41.3 Å². The number of rotatable bonds is 5. The molecule has 2 rings (SSSR count). The fraction of sp³-hybridized carbons (Fsp3) is 0.647. The molecule has 1 saturated carbocycles. The molecule has 1 aromatic rings. The number of nitrogens with zero attached hydrogens (tertiary/aromatic N) is 1. The Morgan fingerprint density at radius 3 is 2.60 bits per heavy atom. The van der Waals surface area contributed by atoms with Crippen LogP contribution in [0.25, 0.3) is 0 Å². The Labute approximate surface area is 131 Å². The maximum atomic E-state index is 5.88. The fourth-order valence-corrected chi connectivity index (χ4v) is 3.68. The Hall–Kier alpha value is -0.540. The second kappa shape index (κ2) is 7.46. The first-order chi connectivity index (χ1) is 9.56. The van der Waals surface area contributed by atoms with Crippen LogP contribution < -0.4 is 10.6 Å². The summed E-state index contributed by atoms with van der Waals surface area (Å²) in [5, 5.41) is 0. The molecule has 0 radical (unpaired) electrons. The van der Waals surface area contributed by atoms with E-state index in [0.717, 1.165) is 12.3 Å². The van der Waals surface area contributed by atoms with Crippen LogP contribution in [0.5, 0.6) is 0 Å². The molecule has 1 atom stereocenters. The Morgan fingerprint density at radius 1 is 1.30 bits per heavy atom. The first-order valence-corrected chi connectivity index (χ1v) is 8.60. The van der Waals surface area contributed by atoms with Crippen LogP contribution in [0.3, 0.4) is 0 Å². The maximum Gasteiger partial charge on any atom is 0.0375 e. The van der Waals surface area contributed by atoms with Gasteiger partial charge in [-0.15, -0.1) is 0 Å². The van der Waals surface area contributed by atoms with Crippen molar-refractivity contribution in [3.63, 3.8) is 0 Å². The van der Waals surface area contributed by atoms with Crippen molar-refractivity contribution in [2.75, 3.05) is 18.5 Å². The summed E-state index contributed by atoms with van der Waals surface area (Å²) < 4.78 is 1.18. The van der Waals surface area contributed by atoms with Crippen LogP contribution in [0.2, 0.25) is 0 Å². The smallest absolute Gasteiger partial charge is 0.0375 e. The third kappa shape index (κ3) is 4.49. The normalized spacial score (nSPS) is 18.0. The summed E-state index contributed by atoms with van der Waals surface area (Å²) >= 11 is 3.69. The van der Waals surface area contributed by atoms with Crippen LogP contribution in [-0.4, -0.2) is 19.6 Å². The van der Waals surface area contributed by atoms with Gasteiger partial charge in [0.05, 0.1) is 0 Å². The van der Waals surface area contributed by atoms with Gasteiger partial charge in [0.2, 0.25) is 0 Å². The van der Waals surface area contributed by atoms with Gasteiger partial charge >= 0.3 is 0 Å². The third-order valence-electron chi connectivity index (χ3n) is 4.28. The predicted molar refractivity (Wildman–Crippen MR) is 91.3 cm³/mol. The zero-order chi connectivity index (χ0) is 14.5. The molecule has 0 bridgehead atoms. The second-order valence-corrected chi connectivity index (χ2v) is 7.20. The molecule has 0 heterocycles. The minimum atomic E-state index is 0.206. The molecule has 2 nitrogen and oxygen atoms in total. The lowest BCUT2D eigenvalue weighted by Gasteiger charge is -2.28. The number of benzene rings is 1. The standard InChI is InChI=1S/C17H27BrN2/c1-13(19)10-15-8-9-16(11-17(15)18)20(2)12-14-6-4-3-5-7-14/h8-9,11,13-14H,3-7,10,12,19H2,1-2H3. The van der Waals surface area contributed by atoms with Gasteiger partial charge in [-0.05, 0) is 49.8 Å². The summed E-state index contributed by atoms with van der Waals surface area (Å²) in [6.45, 7) is 3.23. The van der Waals surface area contributed by atoms with E-state index in [-0.39, 0.29) is 6.04 Å². The first-order valence-electron chi connectivity index (χ1n) is 7.81. The molecular formula is C17H27BrN2. The first kappa shape index (κ1) is 15.8. The van der Waals surface area contributed by atoms with E-state index in [4.69, 9.17) is 5.73 Å². The van der Waals surface area contributed by atoms with E-state index in [9.17, 15) is 0 Å². The molecule has 20 heavy (non-hydrogen) atoms. The summed E-state index contributed by atoms with van der Waals surface area (Å²) in [5.41, 5.74) is 8.49. The van der Waals surface area contributed by atoms with Crippen LogP contribution in [0.15, 0.2) is 22.7 Å². The average Bonchev–Trinajstić information content (AvgIpc) is 2.41. The van der Waals surface area contributed by atoms with Gasteiger partial charge in [-0.2, -0.15) is 0 Å². The van der Waals surface area contributed by atoms with E-state index in [1.807, 2.05) is 0 Å². The van der Waals surface area contributed by atoms with Gasteiger partial charge in [0.15, 0.2) is 0 Å². The lowest BCUT2D eigenvalue weighted by molar-refractivity contribution is 0.362. The van der Waals surface area contributed by atoms with Gasteiger partial charge in [0.1, 0.15) is 0 Å². The highest BCUT2D eigenvalue weighted by Crippen LogP contribution is 2.28. The number of halogens is 1. The highest BCUT2D eigenvalue weighted by Gasteiger charge is 2.16. The highest BCUT2D eigenvalue weighted by molar-refractivity contribution is 9.10. The summed E-state index contributed by atoms with van der Waals surface area (Å²) in [7, 11) is 2.21. The van der Waals surface area contributed by atoms with Gasteiger partial charge in [-0.3, -0.25) is 0 Å². The van der Waals surface area contributed by atoms with Crippen molar-refractivity contribution in [1.82, 2.24) is 0 Å². The monoisotopic (exact) mass is 338 g/mol. The number of hydrogen-bond donors (Lipinski definition) is 1. The van der Waals surface area contributed by atoms with E-state index >= 15 is 0 Å². The van der Waals surface area contributed by atoms with Crippen molar-refractivity contribution in [3.05, 3.63) is 28.2 Å². The summed E-state index contributed by atoms with van der Waals surface area (Å²) in [4.78, 5) is 2.40. The molecule has 1 fully saturated rings. The molecular weight excluding hydrogens is 312 g/mol. The van der Waals surface area contributed by atoms with Crippen LogP contribution in [-0.2, 0) is 6.42 Å². The van der Waals surface area contributed by atoms with Crippen molar-refractivity contribution < 1.29 is 0 Å². The topological polar surface area (TPSA) is 29.3 Å². The van der Waals surface area contributed by atoms with Gasteiger partial charge < -0.3 is 10.6 Å². The van der Waals surface area contributed by atoms with Gasteiger partial charge in [0, 0.05) is 29.8 Å². The molecule has 0 spiro atoms. The molecule has 1 aromatic carbocycles. The molecule has 112 valence electrons. The summed E-state index contributed by atoms with van der Waals surface area (Å²) in [6.07, 6.45) is 7.97. The van der Waals surface area contributed by atoms with Crippen molar-refractivity contribution in [3.8, 4) is 0 Å². The van der Waals surface area contributed by atoms with Crippen molar-refractivity contribution >= 4 is 21.6 Å². The van der Waals surface area contributed by atoms with Crippen LogP contribution >= 0.6 is 15.9 Å². The molecule has 3 heteroatoms. The van der Waals surface area contributed by atoms with E-state index in [1.54, 1.807) is 0 Å². The second-order valence-electron chi connectivity index (χ2n) is 6.34. The Morgan fingerprint density at radius 2 is 2.00 bits per heavy atom. The van der Waals surface area contributed by atoms with Crippen LogP contribution in [0.1, 0.15) is 44.6 Å². The van der Waals surface area contributed by atoms with E-state index in [2.05, 4.69) is 53.0 Å². The molecule has 1 unspecified atom stereocenters. The molecule has 2 N–H and O–H groups in total. The predicted octanol–water partition coefficient (Wildman–Crippen LogP) is 4.36. The van der Waals surface area contributed by atoms with Crippen LogP contribution in [0.4, 0.5) is 5.69 Å². The molecule has 0 aromatic heterocycles. The molecule has 0 amide bonds. The number of anilines is 1.